The van der Waals surface area contributed by atoms with Gasteiger partial charge in [-0.2, -0.15) is 0 Å². The zero-order chi connectivity index (χ0) is 18.2. The Labute approximate surface area is 158 Å². The predicted molar refractivity (Wildman–Crippen MR) is 102 cm³/mol. The summed E-state index contributed by atoms with van der Waals surface area (Å²) in [4.78, 5) is 27.1. The van der Waals surface area contributed by atoms with Gasteiger partial charge in [-0.05, 0) is 44.0 Å². The van der Waals surface area contributed by atoms with Crippen LogP contribution in [0.15, 0.2) is 24.3 Å². The van der Waals surface area contributed by atoms with E-state index in [9.17, 15) is 9.59 Å². The lowest BCUT2D eigenvalue weighted by Gasteiger charge is -2.25. The van der Waals surface area contributed by atoms with Crippen LogP contribution in [0.1, 0.15) is 24.8 Å². The van der Waals surface area contributed by atoms with Gasteiger partial charge in [0.15, 0.2) is 0 Å². The maximum Gasteiger partial charge on any atom is 0.317 e. The molecule has 0 saturated carbocycles. The van der Waals surface area contributed by atoms with Crippen LogP contribution in [0.5, 0.6) is 0 Å². The van der Waals surface area contributed by atoms with E-state index >= 15 is 0 Å². The van der Waals surface area contributed by atoms with Crippen LogP contribution >= 0.6 is 23.4 Å². The van der Waals surface area contributed by atoms with E-state index in [1.807, 2.05) is 41.1 Å². The van der Waals surface area contributed by atoms with Crippen LogP contribution < -0.4 is 0 Å². The number of amides is 1. The van der Waals surface area contributed by atoms with Crippen LogP contribution in [0, 0.1) is 0 Å². The third-order valence-electron chi connectivity index (χ3n) is 4.44. The number of nitrogens with zero attached hydrogens (tertiary/aromatic N) is 2. The smallest absolute Gasteiger partial charge is 0.317 e. The van der Waals surface area contributed by atoms with Crippen molar-refractivity contribution in [1.29, 1.82) is 0 Å². The van der Waals surface area contributed by atoms with Crippen molar-refractivity contribution in [2.75, 3.05) is 32.4 Å². The van der Waals surface area contributed by atoms with Gasteiger partial charge in [0.25, 0.3) is 0 Å². The standard InChI is InChI=1S/C18H25ClN2O3S/c1-20(11-18(23)24)16-6-3-8-21(9-7-16)17(22)13-25-12-14-4-2-5-15(19)10-14/h2,4-5,10,16H,3,6-9,11-13H2,1H3,(H,23,24). The quantitative estimate of drug-likeness (QED) is 0.783. The number of carboxylic acids is 1. The van der Waals surface area contributed by atoms with Gasteiger partial charge in [-0.15, -0.1) is 11.8 Å². The van der Waals surface area contributed by atoms with Gasteiger partial charge in [-0.3, -0.25) is 14.5 Å². The lowest BCUT2D eigenvalue weighted by molar-refractivity contribution is -0.138. The molecule has 1 aromatic carbocycles. The van der Waals surface area contributed by atoms with E-state index in [1.54, 1.807) is 11.8 Å². The molecule has 1 aliphatic rings. The van der Waals surface area contributed by atoms with E-state index in [-0.39, 0.29) is 18.5 Å². The molecule has 1 aromatic rings. The molecule has 1 fully saturated rings. The molecule has 1 unspecified atom stereocenters. The number of hydrogen-bond donors (Lipinski definition) is 1. The molecular weight excluding hydrogens is 360 g/mol. The summed E-state index contributed by atoms with van der Waals surface area (Å²) in [6.07, 6.45) is 2.68. The average Bonchev–Trinajstić information content (AvgIpc) is 2.80. The topological polar surface area (TPSA) is 60.9 Å². The molecule has 0 radical (unpaired) electrons. The molecular formula is C18H25ClN2O3S. The largest absolute Gasteiger partial charge is 0.480 e. The van der Waals surface area contributed by atoms with Crippen LogP contribution in [0.2, 0.25) is 5.02 Å². The molecule has 1 heterocycles. The Morgan fingerprint density at radius 3 is 2.88 bits per heavy atom. The second kappa shape index (κ2) is 10.0. The van der Waals surface area contributed by atoms with Gasteiger partial charge in [-0.1, -0.05) is 23.7 Å². The number of thioether (sulfide) groups is 1. The third-order valence-corrected chi connectivity index (χ3v) is 5.67. The van der Waals surface area contributed by atoms with Crippen LogP contribution in [0.25, 0.3) is 0 Å². The average molecular weight is 385 g/mol. The zero-order valence-corrected chi connectivity index (χ0v) is 16.1. The normalized spacial score (nSPS) is 18.2. The fraction of sp³-hybridized carbons (Fsp3) is 0.556. The van der Waals surface area contributed by atoms with E-state index in [1.165, 1.54) is 0 Å². The predicted octanol–water partition coefficient (Wildman–Crippen LogP) is 2.97. The van der Waals surface area contributed by atoms with Gasteiger partial charge in [0.1, 0.15) is 0 Å². The molecule has 2 rings (SSSR count). The van der Waals surface area contributed by atoms with Crippen molar-refractivity contribution in [1.82, 2.24) is 9.80 Å². The summed E-state index contributed by atoms with van der Waals surface area (Å²) in [6, 6.07) is 7.93. The second-order valence-electron chi connectivity index (χ2n) is 6.40. The highest BCUT2D eigenvalue weighted by atomic mass is 35.5. The Bertz CT molecular complexity index is 599. The fourth-order valence-electron chi connectivity index (χ4n) is 3.09. The monoisotopic (exact) mass is 384 g/mol. The number of hydrogen-bond acceptors (Lipinski definition) is 4. The van der Waals surface area contributed by atoms with Gasteiger partial charge in [0.2, 0.25) is 5.91 Å². The first-order chi connectivity index (χ1) is 12.0. The minimum atomic E-state index is -0.808. The van der Waals surface area contributed by atoms with E-state index in [0.29, 0.717) is 17.3 Å². The number of carbonyl (C=O) groups is 2. The summed E-state index contributed by atoms with van der Waals surface area (Å²) in [6.45, 7) is 1.51. The van der Waals surface area contributed by atoms with E-state index < -0.39 is 5.97 Å². The number of rotatable bonds is 7. The lowest BCUT2D eigenvalue weighted by atomic mass is 10.1. The van der Waals surface area contributed by atoms with E-state index in [4.69, 9.17) is 16.7 Å². The van der Waals surface area contributed by atoms with Crippen LogP contribution in [0.3, 0.4) is 0 Å². The first-order valence-electron chi connectivity index (χ1n) is 8.47. The number of halogens is 1. The molecule has 1 aliphatic heterocycles. The Morgan fingerprint density at radius 2 is 2.16 bits per heavy atom. The summed E-state index contributed by atoms with van der Waals surface area (Å²) in [5, 5.41) is 9.63. The fourth-order valence-corrected chi connectivity index (χ4v) is 4.17. The van der Waals surface area contributed by atoms with Crippen molar-refractivity contribution in [3.05, 3.63) is 34.9 Å². The van der Waals surface area contributed by atoms with E-state index in [2.05, 4.69) is 0 Å². The molecule has 1 saturated heterocycles. The highest BCUT2D eigenvalue weighted by Crippen LogP contribution is 2.19. The van der Waals surface area contributed by atoms with Crippen molar-refractivity contribution in [3.8, 4) is 0 Å². The number of benzene rings is 1. The number of aliphatic carboxylic acids is 1. The molecule has 0 aliphatic carbocycles. The Balaban J connectivity index is 1.75. The summed E-state index contributed by atoms with van der Waals surface area (Å²) in [5.41, 5.74) is 1.12. The summed E-state index contributed by atoms with van der Waals surface area (Å²) < 4.78 is 0. The Kier molecular flexibility index (Phi) is 8.06. The van der Waals surface area contributed by atoms with Crippen molar-refractivity contribution in [2.45, 2.75) is 31.1 Å². The first kappa shape index (κ1) is 20.1. The minimum absolute atomic E-state index is 0.0497. The van der Waals surface area contributed by atoms with Gasteiger partial charge in [-0.25, -0.2) is 0 Å². The molecule has 1 amide bonds. The van der Waals surface area contributed by atoms with Crippen molar-refractivity contribution in [3.63, 3.8) is 0 Å². The van der Waals surface area contributed by atoms with Gasteiger partial charge < -0.3 is 10.0 Å². The molecule has 1 atom stereocenters. The summed E-state index contributed by atoms with van der Waals surface area (Å²) >= 11 is 7.57. The number of carboxylic acid groups (broad SMARTS) is 1. The molecule has 1 N–H and O–H groups in total. The third kappa shape index (κ3) is 6.88. The van der Waals surface area contributed by atoms with Gasteiger partial charge >= 0.3 is 5.97 Å². The van der Waals surface area contributed by atoms with Crippen LogP contribution in [-0.2, 0) is 15.3 Å². The maximum absolute atomic E-state index is 12.4. The minimum Gasteiger partial charge on any atom is -0.480 e. The summed E-state index contributed by atoms with van der Waals surface area (Å²) in [5.74, 6) is 0.581. The Morgan fingerprint density at radius 1 is 1.36 bits per heavy atom. The van der Waals surface area contributed by atoms with Crippen molar-refractivity contribution in [2.24, 2.45) is 0 Å². The maximum atomic E-state index is 12.4. The molecule has 7 heteroatoms. The lowest BCUT2D eigenvalue weighted by Crippen LogP contribution is -2.37. The van der Waals surface area contributed by atoms with Crippen LogP contribution in [-0.4, -0.2) is 65.3 Å². The number of likely N-dealkylation sites (N-methyl/N-ethyl adjacent to an activating group) is 1. The highest BCUT2D eigenvalue weighted by Gasteiger charge is 2.23. The van der Waals surface area contributed by atoms with Gasteiger partial charge in [0, 0.05) is 29.9 Å². The molecule has 5 nitrogen and oxygen atoms in total. The first-order valence-corrected chi connectivity index (χ1v) is 10.0. The Hall–Kier alpha value is -1.24. The molecule has 0 spiro atoms. The molecule has 25 heavy (non-hydrogen) atoms. The molecule has 0 bridgehead atoms. The molecule has 138 valence electrons. The van der Waals surface area contributed by atoms with Gasteiger partial charge in [0.05, 0.1) is 12.3 Å². The summed E-state index contributed by atoms with van der Waals surface area (Å²) in [7, 11) is 1.84. The van der Waals surface area contributed by atoms with Crippen LogP contribution in [0.4, 0.5) is 0 Å². The van der Waals surface area contributed by atoms with Crippen molar-refractivity contribution < 1.29 is 14.7 Å². The SMILES string of the molecule is CN(CC(=O)O)C1CCCN(C(=O)CSCc2cccc(Cl)c2)CC1. The number of carbonyl (C=O) groups excluding carboxylic acids is 1. The zero-order valence-electron chi connectivity index (χ0n) is 14.5. The highest BCUT2D eigenvalue weighted by molar-refractivity contribution is 7.99. The molecule has 0 aromatic heterocycles. The van der Waals surface area contributed by atoms with Crippen molar-refractivity contribution >= 4 is 35.2 Å². The van der Waals surface area contributed by atoms with E-state index in [0.717, 1.165) is 37.1 Å². The second-order valence-corrected chi connectivity index (χ2v) is 7.82. The number of likely N-dealkylation sites (tertiary alicyclic amines) is 1.